The molecule has 0 bridgehead atoms. The third-order valence-corrected chi connectivity index (χ3v) is 5.85. The minimum atomic E-state index is -0.149. The summed E-state index contributed by atoms with van der Waals surface area (Å²) >= 11 is 8.55. The van der Waals surface area contributed by atoms with E-state index in [1.54, 1.807) is 23.8 Å². The fourth-order valence-electron chi connectivity index (χ4n) is 2.50. The molecular formula is C18H14ClN5O2S2. The van der Waals surface area contributed by atoms with Crippen LogP contribution in [0.4, 0.5) is 5.13 Å². The lowest BCUT2D eigenvalue weighted by Crippen LogP contribution is -2.14. The van der Waals surface area contributed by atoms with Crippen molar-refractivity contribution in [3.05, 3.63) is 53.6 Å². The lowest BCUT2D eigenvalue weighted by molar-refractivity contribution is -0.113. The molecule has 4 aromatic rings. The fourth-order valence-corrected chi connectivity index (χ4v) is 4.08. The van der Waals surface area contributed by atoms with E-state index in [1.165, 1.54) is 23.1 Å². The maximum Gasteiger partial charge on any atom is 0.236 e. The normalized spacial score (nSPS) is 10.9. The van der Waals surface area contributed by atoms with Crippen molar-refractivity contribution in [3.63, 3.8) is 0 Å². The summed E-state index contributed by atoms with van der Waals surface area (Å²) < 4.78 is 6.99. The van der Waals surface area contributed by atoms with E-state index in [1.807, 2.05) is 36.4 Å². The third kappa shape index (κ3) is 3.96. The molecule has 0 saturated heterocycles. The van der Waals surface area contributed by atoms with E-state index in [-0.39, 0.29) is 11.7 Å². The summed E-state index contributed by atoms with van der Waals surface area (Å²) in [7, 11) is 1.60. The minimum Gasteiger partial charge on any atom is -0.496 e. The largest absolute Gasteiger partial charge is 0.496 e. The van der Waals surface area contributed by atoms with Crippen LogP contribution in [0.3, 0.4) is 0 Å². The molecule has 0 fully saturated rings. The molecule has 0 aliphatic carbocycles. The molecule has 2 aromatic heterocycles. The van der Waals surface area contributed by atoms with Gasteiger partial charge < -0.3 is 4.74 Å². The average Bonchev–Trinajstić information content (AvgIpc) is 3.27. The molecule has 28 heavy (non-hydrogen) atoms. The number of nitrogens with zero attached hydrogens (tertiary/aromatic N) is 4. The molecule has 1 amide bonds. The lowest BCUT2D eigenvalue weighted by Gasteiger charge is -2.05. The van der Waals surface area contributed by atoms with Crippen molar-refractivity contribution in [2.24, 2.45) is 0 Å². The van der Waals surface area contributed by atoms with E-state index in [0.717, 1.165) is 10.5 Å². The number of ether oxygens (including phenoxy) is 1. The first-order valence-corrected chi connectivity index (χ1v) is 10.4. The second-order valence-electron chi connectivity index (χ2n) is 5.62. The van der Waals surface area contributed by atoms with Gasteiger partial charge in [-0.1, -0.05) is 35.1 Å². The van der Waals surface area contributed by atoms with Crippen LogP contribution < -0.4 is 10.1 Å². The molecule has 142 valence electrons. The molecule has 1 N–H and O–H groups in total. The molecule has 4 rings (SSSR count). The standard InChI is InChI=1S/C18H14ClN5O2S2/c1-26-14-5-3-2-4-13(14)16-21-22-18-24(16)23-17(28-18)20-15(25)10-27-12-8-6-11(19)7-9-12/h2-9H,10H2,1H3,(H,20,23,25). The quantitative estimate of drug-likeness (QED) is 0.460. The number of anilines is 1. The van der Waals surface area contributed by atoms with Gasteiger partial charge in [0.05, 0.1) is 18.4 Å². The van der Waals surface area contributed by atoms with Gasteiger partial charge in [-0.25, -0.2) is 0 Å². The van der Waals surface area contributed by atoms with E-state index in [2.05, 4.69) is 20.6 Å². The molecular weight excluding hydrogens is 418 g/mol. The van der Waals surface area contributed by atoms with Crippen LogP contribution in [0.1, 0.15) is 0 Å². The maximum absolute atomic E-state index is 12.3. The highest BCUT2D eigenvalue weighted by atomic mass is 35.5. The molecule has 10 heteroatoms. The monoisotopic (exact) mass is 431 g/mol. The Labute approximate surface area is 173 Å². The zero-order valence-corrected chi connectivity index (χ0v) is 17.0. The number of nitrogens with one attached hydrogen (secondary N) is 1. The lowest BCUT2D eigenvalue weighted by atomic mass is 10.2. The highest BCUT2D eigenvalue weighted by Gasteiger charge is 2.17. The second-order valence-corrected chi connectivity index (χ2v) is 8.06. The number of hydrogen-bond donors (Lipinski definition) is 1. The molecule has 7 nitrogen and oxygen atoms in total. The Balaban J connectivity index is 1.48. The zero-order chi connectivity index (χ0) is 19.5. The number of methoxy groups -OCH3 is 1. The molecule has 0 unspecified atom stereocenters. The van der Waals surface area contributed by atoms with Gasteiger partial charge in [-0.3, -0.25) is 10.1 Å². The van der Waals surface area contributed by atoms with Crippen molar-refractivity contribution in [2.45, 2.75) is 4.90 Å². The zero-order valence-electron chi connectivity index (χ0n) is 14.6. The number of thioether (sulfide) groups is 1. The van der Waals surface area contributed by atoms with E-state index < -0.39 is 0 Å². The summed E-state index contributed by atoms with van der Waals surface area (Å²) in [6.07, 6.45) is 0. The molecule has 0 aliphatic heterocycles. The number of para-hydroxylation sites is 1. The molecule has 0 atom stereocenters. The smallest absolute Gasteiger partial charge is 0.236 e. The van der Waals surface area contributed by atoms with E-state index in [4.69, 9.17) is 16.3 Å². The number of benzene rings is 2. The summed E-state index contributed by atoms with van der Waals surface area (Å²) in [5.74, 6) is 1.35. The highest BCUT2D eigenvalue weighted by Crippen LogP contribution is 2.30. The van der Waals surface area contributed by atoms with Crippen molar-refractivity contribution >= 4 is 50.7 Å². The SMILES string of the molecule is COc1ccccc1-c1nnc2sc(NC(=O)CSc3ccc(Cl)cc3)nn12. The number of aromatic nitrogens is 4. The van der Waals surface area contributed by atoms with Crippen LogP contribution in [-0.4, -0.2) is 38.6 Å². The van der Waals surface area contributed by atoms with Gasteiger partial charge in [0, 0.05) is 9.92 Å². The van der Waals surface area contributed by atoms with E-state index >= 15 is 0 Å². The van der Waals surface area contributed by atoms with Gasteiger partial charge in [-0.15, -0.1) is 27.1 Å². The van der Waals surface area contributed by atoms with Crippen molar-refractivity contribution < 1.29 is 9.53 Å². The predicted molar refractivity (Wildman–Crippen MR) is 111 cm³/mol. The van der Waals surface area contributed by atoms with Gasteiger partial charge in [0.2, 0.25) is 16.0 Å². The Kier molecular flexibility index (Phi) is 5.47. The molecule has 2 heterocycles. The summed E-state index contributed by atoms with van der Waals surface area (Å²) in [4.78, 5) is 13.8. The third-order valence-electron chi connectivity index (χ3n) is 3.77. The van der Waals surface area contributed by atoms with Gasteiger partial charge in [-0.05, 0) is 36.4 Å². The molecule has 0 saturated carbocycles. The van der Waals surface area contributed by atoms with Gasteiger partial charge in [-0.2, -0.15) is 4.52 Å². The number of halogens is 1. The summed E-state index contributed by atoms with van der Waals surface area (Å²) in [5, 5.41) is 16.7. The first kappa shape index (κ1) is 18.7. The van der Waals surface area contributed by atoms with Crippen LogP contribution in [0.5, 0.6) is 5.75 Å². The van der Waals surface area contributed by atoms with Crippen LogP contribution in [0, 0.1) is 0 Å². The molecule has 2 aromatic carbocycles. The topological polar surface area (TPSA) is 81.4 Å². The molecule has 0 aliphatic rings. The summed E-state index contributed by atoms with van der Waals surface area (Å²) in [6.45, 7) is 0. The van der Waals surface area contributed by atoms with Gasteiger partial charge in [0.25, 0.3) is 0 Å². The van der Waals surface area contributed by atoms with Gasteiger partial charge >= 0.3 is 0 Å². The van der Waals surface area contributed by atoms with Crippen molar-refractivity contribution in [2.75, 3.05) is 18.2 Å². The van der Waals surface area contributed by atoms with Crippen molar-refractivity contribution in [1.29, 1.82) is 0 Å². The van der Waals surface area contributed by atoms with Gasteiger partial charge in [0.15, 0.2) is 5.82 Å². The number of amides is 1. The van der Waals surface area contributed by atoms with Crippen LogP contribution in [0.15, 0.2) is 53.4 Å². The Morgan fingerprint density at radius 3 is 2.79 bits per heavy atom. The van der Waals surface area contributed by atoms with E-state index in [0.29, 0.717) is 26.7 Å². The van der Waals surface area contributed by atoms with Gasteiger partial charge in [0.1, 0.15) is 5.75 Å². The fraction of sp³-hybridized carbons (Fsp3) is 0.111. The van der Waals surface area contributed by atoms with Crippen LogP contribution in [-0.2, 0) is 4.79 Å². The number of carbonyl (C=O) groups is 1. The molecule has 0 spiro atoms. The summed E-state index contributed by atoms with van der Waals surface area (Å²) in [6, 6.07) is 14.8. The average molecular weight is 432 g/mol. The summed E-state index contributed by atoms with van der Waals surface area (Å²) in [5.41, 5.74) is 0.777. The number of hydrogen-bond acceptors (Lipinski definition) is 7. The number of rotatable bonds is 6. The first-order valence-electron chi connectivity index (χ1n) is 8.18. The van der Waals surface area contributed by atoms with Crippen LogP contribution >= 0.6 is 34.7 Å². The van der Waals surface area contributed by atoms with Crippen molar-refractivity contribution in [3.8, 4) is 17.1 Å². The second kappa shape index (κ2) is 8.17. The van der Waals surface area contributed by atoms with Crippen LogP contribution in [0.25, 0.3) is 16.3 Å². The Morgan fingerprint density at radius 1 is 1.21 bits per heavy atom. The van der Waals surface area contributed by atoms with Crippen LogP contribution in [0.2, 0.25) is 5.02 Å². The molecule has 0 radical (unpaired) electrons. The van der Waals surface area contributed by atoms with Crippen molar-refractivity contribution in [1.82, 2.24) is 19.8 Å². The first-order chi connectivity index (χ1) is 13.6. The number of carbonyl (C=O) groups excluding carboxylic acids is 1. The highest BCUT2D eigenvalue weighted by molar-refractivity contribution is 8.00. The Bertz CT molecular complexity index is 1130. The predicted octanol–water partition coefficient (Wildman–Crippen LogP) is 4.25. The maximum atomic E-state index is 12.3. The Morgan fingerprint density at radius 2 is 2.00 bits per heavy atom. The minimum absolute atomic E-state index is 0.149. The van der Waals surface area contributed by atoms with E-state index in [9.17, 15) is 4.79 Å². The Hall–Kier alpha value is -2.62. The number of fused-ring (bicyclic) bond motifs is 1.